The standard InChI is InChI=1S/C37H28N6.Pt/c1-39-22-23-41(27-39)31-16-9-18-33(24-31)43(34-19-10-17-32(25-34)42-28-40(2)26-38-42)37-35(29-12-5-3-6-13-29)20-11-21-36(37)30-14-7-4-8-15-30;/h3-23,26H,1-2H3;/q-2;. The van der Waals surface area contributed by atoms with Crippen molar-refractivity contribution in [2.75, 3.05) is 28.9 Å². The molecular formula is C37H28N6Pt-2. The van der Waals surface area contributed by atoms with Gasteiger partial charge in [-0.05, 0) is 0 Å². The third kappa shape index (κ3) is 4.50. The summed E-state index contributed by atoms with van der Waals surface area (Å²) in [6.45, 7) is 0. The molecule has 3 aliphatic heterocycles. The topological polar surface area (TPSA) is 28.6 Å². The van der Waals surface area contributed by atoms with Crippen LogP contribution in [0.25, 0.3) is 22.3 Å². The van der Waals surface area contributed by atoms with Crippen LogP contribution < -0.4 is 14.8 Å². The Bertz CT molecular complexity index is 1880. The molecule has 0 fully saturated rings. The van der Waals surface area contributed by atoms with E-state index >= 15 is 0 Å². The number of anilines is 5. The van der Waals surface area contributed by atoms with Gasteiger partial charge in [-0.2, -0.15) is 0 Å². The summed E-state index contributed by atoms with van der Waals surface area (Å²) in [5.74, 6) is 0. The molecule has 0 N–H and O–H groups in total. The summed E-state index contributed by atoms with van der Waals surface area (Å²) < 4.78 is 2.39. The average molecular weight is 752 g/mol. The van der Waals surface area contributed by atoms with Gasteiger partial charge in [-0.3, -0.25) is 0 Å². The Balaban J connectivity index is 1.46. The summed E-state index contributed by atoms with van der Waals surface area (Å²) in [7, 11) is 4.19. The Morgan fingerprint density at radius 2 is 1.11 bits per heavy atom. The Kier molecular flexibility index (Phi) is 6.57. The number of para-hydroxylation sites is 1. The van der Waals surface area contributed by atoms with E-state index in [1.807, 2.05) is 11.3 Å². The second kappa shape index (κ2) is 10.9. The quantitative estimate of drug-likeness (QED) is 0.181. The number of benzene rings is 5. The fourth-order valence-electron chi connectivity index (χ4n) is 5.66. The van der Waals surface area contributed by atoms with Gasteiger partial charge >= 0.3 is 267 Å². The Hall–Kier alpha value is -5.06. The molecule has 0 saturated carbocycles. The molecule has 0 amide bonds. The van der Waals surface area contributed by atoms with Crippen molar-refractivity contribution in [1.29, 1.82) is 0 Å². The summed E-state index contributed by atoms with van der Waals surface area (Å²) in [6, 6.07) is 48.1. The SMILES string of the molecule is CN1C=CN2[C]1=[Pt]=[C]1N(C)C=NN1c1[c-]c(ccc1)N(c1c(-c3ccccc3)cccc1-c1ccccc1)c1[c-]c2ccc1. The zero-order valence-electron chi connectivity index (χ0n) is 24.2. The second-order valence-corrected chi connectivity index (χ2v) is 13.2. The third-order valence-electron chi connectivity index (χ3n) is 7.73. The number of fused-ring (bicyclic) bond motifs is 8. The van der Waals surface area contributed by atoms with Gasteiger partial charge in [-0.25, -0.2) is 0 Å². The van der Waals surface area contributed by atoms with Crippen LogP contribution >= 0.6 is 0 Å². The monoisotopic (exact) mass is 751 g/mol. The fourth-order valence-corrected chi connectivity index (χ4v) is 8.58. The summed E-state index contributed by atoms with van der Waals surface area (Å²) >= 11 is -0.630. The normalized spacial score (nSPS) is 15.5. The van der Waals surface area contributed by atoms with Crippen molar-refractivity contribution in [2.24, 2.45) is 5.10 Å². The molecule has 7 heteroatoms. The maximum absolute atomic E-state index is 4.83. The van der Waals surface area contributed by atoms with Crippen LogP contribution in [0.5, 0.6) is 0 Å². The van der Waals surface area contributed by atoms with Gasteiger partial charge in [-0.15, -0.1) is 0 Å². The van der Waals surface area contributed by atoms with Gasteiger partial charge in [0.25, 0.3) is 0 Å². The Morgan fingerprint density at radius 3 is 1.77 bits per heavy atom. The van der Waals surface area contributed by atoms with Crippen LogP contribution in [0.4, 0.5) is 28.4 Å². The first kappa shape index (κ1) is 26.6. The number of hydrazone groups is 1. The van der Waals surface area contributed by atoms with E-state index in [9.17, 15) is 0 Å². The van der Waals surface area contributed by atoms with Crippen molar-refractivity contribution in [2.45, 2.75) is 0 Å². The summed E-state index contributed by atoms with van der Waals surface area (Å²) in [6.07, 6.45) is 6.16. The molecular weight excluding hydrogens is 724 g/mol. The van der Waals surface area contributed by atoms with E-state index in [4.69, 9.17) is 5.10 Å². The van der Waals surface area contributed by atoms with Crippen LogP contribution in [0.1, 0.15) is 0 Å². The van der Waals surface area contributed by atoms with Crippen LogP contribution in [0.2, 0.25) is 0 Å². The van der Waals surface area contributed by atoms with Gasteiger partial charge in [-0.1, -0.05) is 0 Å². The molecule has 5 aromatic carbocycles. The number of hydrogen-bond donors (Lipinski definition) is 0. The van der Waals surface area contributed by atoms with Crippen LogP contribution in [0, 0.1) is 12.1 Å². The van der Waals surface area contributed by atoms with Crippen molar-refractivity contribution in [1.82, 2.24) is 9.80 Å². The minimum atomic E-state index is -0.630. The molecule has 0 aliphatic carbocycles. The molecule has 0 aromatic heterocycles. The van der Waals surface area contributed by atoms with E-state index in [1.54, 1.807) is 0 Å². The van der Waals surface area contributed by atoms with E-state index < -0.39 is 17.6 Å². The minimum absolute atomic E-state index is 0.630. The van der Waals surface area contributed by atoms with Gasteiger partial charge in [0.1, 0.15) is 0 Å². The molecule has 3 heterocycles. The van der Waals surface area contributed by atoms with Gasteiger partial charge in [0.15, 0.2) is 0 Å². The molecule has 4 bridgehead atoms. The number of hydrogen-bond acceptors (Lipinski definition) is 6. The zero-order valence-corrected chi connectivity index (χ0v) is 26.5. The molecule has 5 aromatic rings. The predicted molar refractivity (Wildman–Crippen MR) is 178 cm³/mol. The summed E-state index contributed by atoms with van der Waals surface area (Å²) in [4.78, 5) is 8.93. The Labute approximate surface area is 265 Å². The first-order valence-corrected chi connectivity index (χ1v) is 16.6. The third-order valence-corrected chi connectivity index (χ3v) is 11.4. The molecule has 6 nitrogen and oxygen atoms in total. The van der Waals surface area contributed by atoms with Crippen molar-refractivity contribution >= 4 is 43.1 Å². The first-order chi connectivity index (χ1) is 21.7. The predicted octanol–water partition coefficient (Wildman–Crippen LogP) is 7.28. The average Bonchev–Trinajstić information content (AvgIpc) is 3.63. The fraction of sp³-hybridized carbons (Fsp3) is 0.0541. The van der Waals surface area contributed by atoms with Crippen LogP contribution in [-0.4, -0.2) is 38.5 Å². The molecule has 0 atom stereocenters. The van der Waals surface area contributed by atoms with Gasteiger partial charge < -0.3 is 0 Å². The first-order valence-electron chi connectivity index (χ1n) is 14.3. The molecule has 44 heavy (non-hydrogen) atoms. The second-order valence-electron chi connectivity index (χ2n) is 10.6. The van der Waals surface area contributed by atoms with Gasteiger partial charge in [0.05, 0.1) is 0 Å². The van der Waals surface area contributed by atoms with Crippen LogP contribution in [-0.2, 0) is 17.6 Å². The molecule has 0 saturated heterocycles. The van der Waals surface area contributed by atoms with Crippen molar-refractivity contribution in [3.05, 3.63) is 140 Å². The maximum atomic E-state index is 4.83. The summed E-state index contributed by atoms with van der Waals surface area (Å²) in [5, 5.41) is 6.88. The zero-order chi connectivity index (χ0) is 29.6. The van der Waals surface area contributed by atoms with E-state index in [2.05, 4.69) is 173 Å². The van der Waals surface area contributed by atoms with Gasteiger partial charge in [0, 0.05) is 0 Å². The number of rotatable bonds is 3. The number of nitrogens with zero attached hydrogens (tertiary/aromatic N) is 6. The van der Waals surface area contributed by atoms with Gasteiger partial charge in [0.2, 0.25) is 0 Å². The van der Waals surface area contributed by atoms with Crippen molar-refractivity contribution < 1.29 is 17.6 Å². The summed E-state index contributed by atoms with van der Waals surface area (Å²) in [5.41, 5.74) is 9.35. The van der Waals surface area contributed by atoms with E-state index in [-0.39, 0.29) is 0 Å². The van der Waals surface area contributed by atoms with E-state index in [1.165, 1.54) is 4.15 Å². The van der Waals surface area contributed by atoms with E-state index in [0.717, 1.165) is 54.8 Å². The Morgan fingerprint density at radius 1 is 0.545 bits per heavy atom. The molecule has 0 unspecified atom stereocenters. The molecule has 0 radical (unpaired) electrons. The molecule has 3 aliphatic rings. The van der Waals surface area contributed by atoms with Crippen LogP contribution in [0.15, 0.2) is 133 Å². The molecule has 218 valence electrons. The van der Waals surface area contributed by atoms with Crippen molar-refractivity contribution in [3.8, 4) is 22.3 Å². The molecule has 0 spiro atoms. The van der Waals surface area contributed by atoms with Crippen molar-refractivity contribution in [3.63, 3.8) is 0 Å². The molecule has 8 rings (SSSR count). The van der Waals surface area contributed by atoms with Crippen LogP contribution in [0.3, 0.4) is 0 Å². The van der Waals surface area contributed by atoms with E-state index in [0.29, 0.717) is 0 Å².